The van der Waals surface area contributed by atoms with E-state index in [0.29, 0.717) is 17.9 Å². The Morgan fingerprint density at radius 3 is 2.94 bits per heavy atom. The number of nitrogens with two attached hydrogens (primary N) is 1. The number of benzene rings is 1. The maximum Gasteiger partial charge on any atom is 0.228 e. The van der Waals surface area contributed by atoms with Crippen molar-refractivity contribution >= 4 is 11.6 Å². The van der Waals surface area contributed by atoms with Crippen molar-refractivity contribution in [1.82, 2.24) is 20.2 Å². The summed E-state index contributed by atoms with van der Waals surface area (Å²) < 4.78 is 1.49. The summed E-state index contributed by atoms with van der Waals surface area (Å²) in [5.41, 5.74) is 6.82. The van der Waals surface area contributed by atoms with Crippen LogP contribution < -0.4 is 11.1 Å². The summed E-state index contributed by atoms with van der Waals surface area (Å²) in [7, 11) is 0. The molecule has 1 heterocycles. The van der Waals surface area contributed by atoms with Gasteiger partial charge in [0.25, 0.3) is 0 Å². The largest absolute Gasteiger partial charge is 0.330 e. The summed E-state index contributed by atoms with van der Waals surface area (Å²) in [6.45, 7) is 2.08. The summed E-state index contributed by atoms with van der Waals surface area (Å²) in [6, 6.07) is 7.28. The maximum atomic E-state index is 11.8. The Kier molecular flexibility index (Phi) is 3.63. The Labute approximate surface area is 104 Å². The molecule has 0 radical (unpaired) electrons. The Morgan fingerprint density at radius 2 is 2.28 bits per heavy atom. The Balaban J connectivity index is 2.26. The van der Waals surface area contributed by atoms with E-state index < -0.39 is 0 Å². The SMILES string of the molecule is CC(CN)C(=O)Nc1ccccc1-n1cnnn1. The topological polar surface area (TPSA) is 98.7 Å². The smallest absolute Gasteiger partial charge is 0.228 e. The van der Waals surface area contributed by atoms with Gasteiger partial charge in [-0.2, -0.15) is 4.68 Å². The highest BCUT2D eigenvalue weighted by Crippen LogP contribution is 2.18. The van der Waals surface area contributed by atoms with Crippen molar-refractivity contribution in [3.63, 3.8) is 0 Å². The maximum absolute atomic E-state index is 11.8. The number of nitrogens with one attached hydrogen (secondary N) is 1. The predicted octanol–water partition coefficient (Wildman–Crippen LogP) is 0.196. The zero-order valence-electron chi connectivity index (χ0n) is 9.95. The van der Waals surface area contributed by atoms with Crippen molar-refractivity contribution in [2.24, 2.45) is 11.7 Å². The van der Waals surface area contributed by atoms with Crippen LogP contribution in [0, 0.1) is 5.92 Å². The quantitative estimate of drug-likeness (QED) is 0.802. The molecule has 0 saturated heterocycles. The summed E-state index contributed by atoms with van der Waals surface area (Å²) in [4.78, 5) is 11.8. The number of tetrazole rings is 1. The first-order valence-corrected chi connectivity index (χ1v) is 5.55. The van der Waals surface area contributed by atoms with E-state index >= 15 is 0 Å². The molecule has 0 aliphatic carbocycles. The molecule has 0 fully saturated rings. The number of carbonyl (C=O) groups is 1. The van der Waals surface area contributed by atoms with Gasteiger partial charge in [-0.1, -0.05) is 19.1 Å². The molecule has 0 aliphatic heterocycles. The van der Waals surface area contributed by atoms with Crippen molar-refractivity contribution in [1.29, 1.82) is 0 Å². The van der Waals surface area contributed by atoms with Crippen LogP contribution in [-0.2, 0) is 4.79 Å². The average Bonchev–Trinajstić information content (AvgIpc) is 2.92. The first kappa shape index (κ1) is 12.2. The number of nitrogens with zero attached hydrogens (tertiary/aromatic N) is 4. The van der Waals surface area contributed by atoms with Crippen molar-refractivity contribution in [2.45, 2.75) is 6.92 Å². The lowest BCUT2D eigenvalue weighted by Gasteiger charge is -2.12. The fourth-order valence-electron chi connectivity index (χ4n) is 1.41. The normalized spacial score (nSPS) is 12.1. The van der Waals surface area contributed by atoms with E-state index in [4.69, 9.17) is 5.73 Å². The van der Waals surface area contributed by atoms with Gasteiger partial charge < -0.3 is 11.1 Å². The number of para-hydroxylation sites is 2. The van der Waals surface area contributed by atoms with Crippen LogP contribution in [0.1, 0.15) is 6.92 Å². The average molecular weight is 246 g/mol. The van der Waals surface area contributed by atoms with Crippen LogP contribution in [0.25, 0.3) is 5.69 Å². The van der Waals surface area contributed by atoms with E-state index in [0.717, 1.165) is 0 Å². The minimum atomic E-state index is -0.244. The second kappa shape index (κ2) is 5.37. The molecule has 3 N–H and O–H groups in total. The van der Waals surface area contributed by atoms with Crippen LogP contribution in [0.15, 0.2) is 30.6 Å². The number of hydrogen-bond donors (Lipinski definition) is 2. The zero-order valence-corrected chi connectivity index (χ0v) is 9.95. The van der Waals surface area contributed by atoms with Gasteiger partial charge in [-0.3, -0.25) is 4.79 Å². The van der Waals surface area contributed by atoms with Crippen molar-refractivity contribution in [3.8, 4) is 5.69 Å². The van der Waals surface area contributed by atoms with Gasteiger partial charge >= 0.3 is 0 Å². The third kappa shape index (κ3) is 2.51. The number of amides is 1. The molecule has 1 atom stereocenters. The third-order valence-electron chi connectivity index (χ3n) is 2.56. The van der Waals surface area contributed by atoms with E-state index in [1.807, 2.05) is 18.2 Å². The predicted molar refractivity (Wildman–Crippen MR) is 66.0 cm³/mol. The van der Waals surface area contributed by atoms with Crippen LogP contribution in [0.4, 0.5) is 5.69 Å². The van der Waals surface area contributed by atoms with Gasteiger partial charge in [-0.05, 0) is 22.6 Å². The van der Waals surface area contributed by atoms with Crippen LogP contribution in [0.5, 0.6) is 0 Å². The first-order valence-electron chi connectivity index (χ1n) is 5.55. The molecule has 0 aliphatic rings. The molecule has 2 aromatic rings. The van der Waals surface area contributed by atoms with Crippen molar-refractivity contribution in [3.05, 3.63) is 30.6 Å². The van der Waals surface area contributed by atoms with Crippen LogP contribution in [0.3, 0.4) is 0 Å². The van der Waals surface area contributed by atoms with Crippen molar-refractivity contribution < 1.29 is 4.79 Å². The number of anilines is 1. The minimum Gasteiger partial charge on any atom is -0.330 e. The number of carbonyl (C=O) groups excluding carboxylic acids is 1. The molecular formula is C11H14N6O. The lowest BCUT2D eigenvalue weighted by Crippen LogP contribution is -2.27. The van der Waals surface area contributed by atoms with Gasteiger partial charge in [0.2, 0.25) is 5.91 Å². The Bertz CT molecular complexity index is 524. The van der Waals surface area contributed by atoms with E-state index in [9.17, 15) is 4.79 Å². The molecule has 2 rings (SSSR count). The summed E-state index contributed by atoms with van der Waals surface area (Å²) >= 11 is 0. The van der Waals surface area contributed by atoms with Crippen LogP contribution >= 0.6 is 0 Å². The molecule has 7 heteroatoms. The highest BCUT2D eigenvalue weighted by molar-refractivity contribution is 5.94. The van der Waals surface area contributed by atoms with E-state index in [1.54, 1.807) is 13.0 Å². The fourth-order valence-corrected chi connectivity index (χ4v) is 1.41. The van der Waals surface area contributed by atoms with E-state index in [-0.39, 0.29) is 11.8 Å². The molecule has 1 amide bonds. The monoisotopic (exact) mass is 246 g/mol. The highest BCUT2D eigenvalue weighted by Gasteiger charge is 2.13. The van der Waals surface area contributed by atoms with Gasteiger partial charge in [-0.25, -0.2) is 0 Å². The molecule has 0 spiro atoms. The van der Waals surface area contributed by atoms with Crippen molar-refractivity contribution in [2.75, 3.05) is 11.9 Å². The molecule has 94 valence electrons. The summed E-state index contributed by atoms with van der Waals surface area (Å²) in [5.74, 6) is -0.370. The molecular weight excluding hydrogens is 232 g/mol. The zero-order chi connectivity index (χ0) is 13.0. The summed E-state index contributed by atoms with van der Waals surface area (Å²) in [6.07, 6.45) is 1.47. The molecule has 1 unspecified atom stereocenters. The first-order chi connectivity index (χ1) is 8.72. The Morgan fingerprint density at radius 1 is 1.50 bits per heavy atom. The molecule has 0 bridgehead atoms. The van der Waals surface area contributed by atoms with E-state index in [1.165, 1.54) is 11.0 Å². The number of hydrogen-bond acceptors (Lipinski definition) is 5. The highest BCUT2D eigenvalue weighted by atomic mass is 16.1. The lowest BCUT2D eigenvalue weighted by molar-refractivity contribution is -0.119. The van der Waals surface area contributed by atoms with E-state index in [2.05, 4.69) is 20.8 Å². The standard InChI is InChI=1S/C11H14N6O/c1-8(6-12)11(18)14-9-4-2-3-5-10(9)17-7-13-15-16-17/h2-5,7-8H,6,12H2,1H3,(H,14,18). The second-order valence-electron chi connectivity index (χ2n) is 3.90. The Hall–Kier alpha value is -2.28. The number of aromatic nitrogens is 4. The lowest BCUT2D eigenvalue weighted by atomic mass is 10.1. The molecule has 7 nitrogen and oxygen atoms in total. The van der Waals surface area contributed by atoms with Crippen LogP contribution in [-0.4, -0.2) is 32.7 Å². The number of rotatable bonds is 4. The van der Waals surface area contributed by atoms with Gasteiger partial charge in [0, 0.05) is 12.5 Å². The van der Waals surface area contributed by atoms with Crippen LogP contribution in [0.2, 0.25) is 0 Å². The van der Waals surface area contributed by atoms with Gasteiger partial charge in [0.05, 0.1) is 11.4 Å². The molecule has 1 aromatic heterocycles. The third-order valence-corrected chi connectivity index (χ3v) is 2.56. The second-order valence-corrected chi connectivity index (χ2v) is 3.90. The molecule has 0 saturated carbocycles. The van der Waals surface area contributed by atoms with Gasteiger partial charge in [0.1, 0.15) is 6.33 Å². The molecule has 18 heavy (non-hydrogen) atoms. The molecule has 1 aromatic carbocycles. The summed E-state index contributed by atoms with van der Waals surface area (Å²) in [5, 5.41) is 13.8. The van der Waals surface area contributed by atoms with Gasteiger partial charge in [0.15, 0.2) is 0 Å². The minimum absolute atomic E-state index is 0.127. The fraction of sp³-hybridized carbons (Fsp3) is 0.273. The van der Waals surface area contributed by atoms with Gasteiger partial charge in [-0.15, -0.1) is 5.10 Å².